The van der Waals surface area contributed by atoms with E-state index in [0.717, 1.165) is 36.2 Å². The van der Waals surface area contributed by atoms with Crippen LogP contribution in [0.4, 0.5) is 0 Å². The number of hydrogen-bond acceptors (Lipinski definition) is 4. The number of likely N-dealkylation sites (tertiary alicyclic amines) is 1. The van der Waals surface area contributed by atoms with Crippen LogP contribution in [0.1, 0.15) is 49.4 Å². The monoisotopic (exact) mass is 426 g/mol. The number of H-pyrrole nitrogens is 1. The Morgan fingerprint density at radius 2 is 1.77 bits per heavy atom. The molecule has 0 bridgehead atoms. The van der Waals surface area contributed by atoms with Gasteiger partial charge in [0.15, 0.2) is 9.84 Å². The average Bonchev–Trinajstić information content (AvgIpc) is 3.21. The Labute approximate surface area is 178 Å². The minimum Gasteiger partial charge on any atom is -0.322 e. The maximum Gasteiger partial charge on any atom is 0.251 e. The number of nitrogens with one attached hydrogen (secondary N) is 1. The quantitative estimate of drug-likeness (QED) is 0.763. The summed E-state index contributed by atoms with van der Waals surface area (Å²) in [5, 5.41) is -0.315. The lowest BCUT2D eigenvalue weighted by molar-refractivity contribution is 0.195. The van der Waals surface area contributed by atoms with E-state index in [9.17, 15) is 13.2 Å². The molecule has 0 amide bonds. The molecule has 6 heteroatoms. The fourth-order valence-electron chi connectivity index (χ4n) is 4.40. The average molecular weight is 427 g/mol. The van der Waals surface area contributed by atoms with Gasteiger partial charge >= 0.3 is 0 Å². The van der Waals surface area contributed by atoms with Crippen LogP contribution in [0.5, 0.6) is 0 Å². The van der Waals surface area contributed by atoms with E-state index in [1.165, 1.54) is 12.8 Å². The number of sulfone groups is 1. The van der Waals surface area contributed by atoms with E-state index in [2.05, 4.69) is 16.0 Å². The van der Waals surface area contributed by atoms with Crippen molar-refractivity contribution in [3.8, 4) is 0 Å². The lowest BCUT2D eigenvalue weighted by Gasteiger charge is -2.37. The Hall–Kier alpha value is -2.18. The molecule has 2 fully saturated rings. The third-order valence-electron chi connectivity index (χ3n) is 6.50. The zero-order chi connectivity index (χ0) is 21.3. The van der Waals surface area contributed by atoms with Gasteiger partial charge in [0.05, 0.1) is 10.1 Å². The summed E-state index contributed by atoms with van der Waals surface area (Å²) in [6.45, 7) is 5.94. The summed E-state index contributed by atoms with van der Waals surface area (Å²) in [6, 6.07) is 11.0. The summed E-state index contributed by atoms with van der Waals surface area (Å²) in [5.41, 5.74) is 3.29. The fourth-order valence-corrected chi connectivity index (χ4v) is 6.11. The van der Waals surface area contributed by atoms with E-state index in [1.807, 2.05) is 31.2 Å². The number of hydrogen-bond donors (Lipinski definition) is 1. The van der Waals surface area contributed by atoms with Crippen LogP contribution >= 0.6 is 0 Å². The number of aryl methyl sites for hydroxylation is 1. The Morgan fingerprint density at radius 3 is 2.37 bits per heavy atom. The number of aromatic amines is 1. The van der Waals surface area contributed by atoms with Gasteiger partial charge in [0.2, 0.25) is 0 Å². The SMILES string of the molecule is CCN1CC(S(=O)(=O)c2ccc(/C(=C\C3CCCC3)c3ccc(C)c(=O)[nH]3)cc2)C1. The van der Waals surface area contributed by atoms with E-state index in [-0.39, 0.29) is 10.8 Å². The molecule has 4 rings (SSSR count). The van der Waals surface area contributed by atoms with E-state index < -0.39 is 9.84 Å². The van der Waals surface area contributed by atoms with Crippen LogP contribution in [0.2, 0.25) is 0 Å². The second-order valence-electron chi connectivity index (χ2n) is 8.55. The molecule has 1 aliphatic carbocycles. The van der Waals surface area contributed by atoms with Crippen molar-refractivity contribution in [1.82, 2.24) is 9.88 Å². The Balaban J connectivity index is 1.66. The molecule has 0 spiro atoms. The van der Waals surface area contributed by atoms with Crippen molar-refractivity contribution >= 4 is 15.4 Å². The lowest BCUT2D eigenvalue weighted by atomic mass is 9.96. The van der Waals surface area contributed by atoms with E-state index in [0.29, 0.717) is 29.5 Å². The van der Waals surface area contributed by atoms with E-state index in [4.69, 9.17) is 0 Å². The first-order chi connectivity index (χ1) is 14.4. The maximum absolute atomic E-state index is 12.9. The predicted octanol–water partition coefficient (Wildman–Crippen LogP) is 3.78. The molecule has 30 heavy (non-hydrogen) atoms. The van der Waals surface area contributed by atoms with Crippen LogP contribution < -0.4 is 5.56 Å². The number of allylic oxidation sites excluding steroid dienone is 1. The maximum atomic E-state index is 12.9. The number of nitrogens with zero attached hydrogens (tertiary/aromatic N) is 1. The van der Waals surface area contributed by atoms with Crippen LogP contribution in [0, 0.1) is 12.8 Å². The van der Waals surface area contributed by atoms with Gasteiger partial charge in [-0.05, 0) is 56.0 Å². The minimum absolute atomic E-state index is 0.0884. The summed E-state index contributed by atoms with van der Waals surface area (Å²) in [6.07, 6.45) is 7.02. The molecule has 2 heterocycles. The first-order valence-electron chi connectivity index (χ1n) is 10.9. The van der Waals surface area contributed by atoms with Gasteiger partial charge in [-0.25, -0.2) is 8.42 Å². The molecule has 0 radical (unpaired) electrons. The van der Waals surface area contributed by atoms with Gasteiger partial charge in [0.1, 0.15) is 0 Å². The largest absolute Gasteiger partial charge is 0.322 e. The smallest absolute Gasteiger partial charge is 0.251 e. The third-order valence-corrected chi connectivity index (χ3v) is 8.61. The molecule has 1 aromatic carbocycles. The van der Waals surface area contributed by atoms with Crippen molar-refractivity contribution < 1.29 is 8.42 Å². The molecule has 1 aromatic heterocycles. The zero-order valence-electron chi connectivity index (χ0n) is 17.7. The van der Waals surface area contributed by atoms with Crippen LogP contribution in [-0.4, -0.2) is 43.2 Å². The van der Waals surface area contributed by atoms with Crippen molar-refractivity contribution in [2.24, 2.45) is 5.92 Å². The van der Waals surface area contributed by atoms with Crippen molar-refractivity contribution in [3.63, 3.8) is 0 Å². The van der Waals surface area contributed by atoms with Crippen molar-refractivity contribution in [2.45, 2.75) is 49.7 Å². The van der Waals surface area contributed by atoms with E-state index in [1.54, 1.807) is 19.1 Å². The topological polar surface area (TPSA) is 70.2 Å². The molecule has 160 valence electrons. The molecule has 2 aliphatic rings. The Kier molecular flexibility index (Phi) is 5.98. The van der Waals surface area contributed by atoms with Gasteiger partial charge in [-0.1, -0.05) is 44.0 Å². The van der Waals surface area contributed by atoms with Crippen LogP contribution in [0.15, 0.2) is 52.2 Å². The Bertz CT molecular complexity index is 1090. The molecule has 1 aliphatic heterocycles. The Morgan fingerprint density at radius 1 is 1.10 bits per heavy atom. The summed E-state index contributed by atoms with van der Waals surface area (Å²) >= 11 is 0. The number of pyridine rings is 1. The molecule has 0 unspecified atom stereocenters. The van der Waals surface area contributed by atoms with Gasteiger partial charge < -0.3 is 9.88 Å². The molecule has 0 atom stereocenters. The van der Waals surface area contributed by atoms with Gasteiger partial charge in [0, 0.05) is 29.9 Å². The molecular formula is C24H30N2O3S. The molecule has 1 N–H and O–H groups in total. The standard InChI is InChI=1S/C24H30N2O3S/c1-3-26-15-21(16-26)30(28,29)20-11-9-19(10-12-20)22(14-18-6-4-5-7-18)23-13-8-17(2)24(27)25-23/h8-14,18,21H,3-7,15-16H2,1-2H3,(H,25,27)/b22-14+. The number of benzene rings is 1. The fraction of sp³-hybridized carbons (Fsp3) is 0.458. The normalized spacial score (nSPS) is 19.2. The summed E-state index contributed by atoms with van der Waals surface area (Å²) in [7, 11) is -3.31. The summed E-state index contributed by atoms with van der Waals surface area (Å²) in [5.74, 6) is 0.489. The third kappa shape index (κ3) is 4.16. The van der Waals surface area contributed by atoms with Gasteiger partial charge in [0.25, 0.3) is 5.56 Å². The first kappa shape index (κ1) is 21.1. The summed E-state index contributed by atoms with van der Waals surface area (Å²) < 4.78 is 25.8. The van der Waals surface area contributed by atoms with Gasteiger partial charge in [-0.3, -0.25) is 4.79 Å². The summed E-state index contributed by atoms with van der Waals surface area (Å²) in [4.78, 5) is 17.7. The minimum atomic E-state index is -3.31. The first-order valence-corrected chi connectivity index (χ1v) is 12.4. The molecule has 5 nitrogen and oxygen atoms in total. The lowest BCUT2D eigenvalue weighted by Crippen LogP contribution is -2.54. The van der Waals surface area contributed by atoms with Crippen molar-refractivity contribution in [1.29, 1.82) is 0 Å². The number of aromatic nitrogens is 1. The molecule has 1 saturated carbocycles. The highest BCUT2D eigenvalue weighted by molar-refractivity contribution is 7.92. The van der Waals surface area contributed by atoms with Crippen LogP contribution in [0.25, 0.3) is 5.57 Å². The predicted molar refractivity (Wildman–Crippen MR) is 120 cm³/mol. The highest BCUT2D eigenvalue weighted by Gasteiger charge is 2.37. The van der Waals surface area contributed by atoms with Crippen molar-refractivity contribution in [2.75, 3.05) is 19.6 Å². The second kappa shape index (κ2) is 8.52. The van der Waals surface area contributed by atoms with Crippen LogP contribution in [-0.2, 0) is 9.84 Å². The van der Waals surface area contributed by atoms with Crippen molar-refractivity contribution in [3.05, 3.63) is 69.6 Å². The molecule has 1 saturated heterocycles. The van der Waals surface area contributed by atoms with E-state index >= 15 is 0 Å². The zero-order valence-corrected chi connectivity index (χ0v) is 18.5. The molecule has 2 aromatic rings. The number of rotatable bonds is 6. The second-order valence-corrected chi connectivity index (χ2v) is 10.8. The van der Waals surface area contributed by atoms with Gasteiger partial charge in [-0.2, -0.15) is 0 Å². The highest BCUT2D eigenvalue weighted by atomic mass is 32.2. The van der Waals surface area contributed by atoms with Crippen LogP contribution in [0.3, 0.4) is 0 Å². The highest BCUT2D eigenvalue weighted by Crippen LogP contribution is 2.32. The van der Waals surface area contributed by atoms with Gasteiger partial charge in [-0.15, -0.1) is 0 Å². The molecular weight excluding hydrogens is 396 g/mol.